The van der Waals surface area contributed by atoms with Crippen LogP contribution in [0.3, 0.4) is 0 Å². The molecule has 0 fully saturated rings. The Bertz CT molecular complexity index is 1630. The zero-order valence-corrected chi connectivity index (χ0v) is 22.8. The van der Waals surface area contributed by atoms with E-state index in [0.717, 1.165) is 17.6 Å². The number of hydrogen-bond acceptors (Lipinski definition) is 1. The fraction of sp³-hybridized carbons (Fsp3) is 0.250. The molecule has 4 aromatic carbocycles. The number of pyridine rings is 1. The lowest BCUT2D eigenvalue weighted by Crippen LogP contribution is -2.14. The monoisotopic (exact) mass is 481 g/mol. The minimum absolute atomic E-state index is 0.0453. The first-order chi connectivity index (χ1) is 17.7. The fourth-order valence-electron chi connectivity index (χ4n) is 6.22. The lowest BCUT2D eigenvalue weighted by molar-refractivity contribution is 0.647. The zero-order valence-electron chi connectivity index (χ0n) is 22.8. The van der Waals surface area contributed by atoms with Crippen molar-refractivity contribution in [3.8, 4) is 33.5 Å². The molecule has 5 aromatic rings. The van der Waals surface area contributed by atoms with Crippen molar-refractivity contribution in [3.05, 3.63) is 113 Å². The van der Waals surface area contributed by atoms with Crippen molar-refractivity contribution in [1.29, 1.82) is 0 Å². The Hall–Kier alpha value is -3.71. The van der Waals surface area contributed by atoms with Crippen LogP contribution in [0.25, 0.3) is 44.4 Å². The van der Waals surface area contributed by atoms with Gasteiger partial charge in [0.2, 0.25) is 0 Å². The van der Waals surface area contributed by atoms with E-state index in [1.807, 2.05) is 0 Å². The summed E-state index contributed by atoms with van der Waals surface area (Å²) in [5.74, 6) is 0.648. The topological polar surface area (TPSA) is 12.9 Å². The number of nitrogens with zero attached hydrogens (tertiary/aromatic N) is 1. The largest absolute Gasteiger partial charge is 0.248 e. The summed E-state index contributed by atoms with van der Waals surface area (Å²) in [6, 6.07) is 31.8. The van der Waals surface area contributed by atoms with Crippen LogP contribution in [0.15, 0.2) is 84.9 Å². The Morgan fingerprint density at radius 2 is 1.38 bits per heavy atom. The maximum Gasteiger partial charge on any atom is 0.0719 e. The lowest BCUT2D eigenvalue weighted by Gasteiger charge is -2.22. The highest BCUT2D eigenvalue weighted by Gasteiger charge is 2.35. The molecule has 0 unspecified atom stereocenters. The van der Waals surface area contributed by atoms with Crippen LogP contribution < -0.4 is 0 Å². The van der Waals surface area contributed by atoms with Gasteiger partial charge in [-0.25, -0.2) is 4.98 Å². The summed E-state index contributed by atoms with van der Waals surface area (Å²) < 4.78 is 0. The third-order valence-corrected chi connectivity index (χ3v) is 7.94. The molecule has 1 heteroatoms. The molecule has 184 valence electrons. The molecule has 0 bridgehead atoms. The molecule has 1 aliphatic rings. The summed E-state index contributed by atoms with van der Waals surface area (Å²) in [6.07, 6.45) is 1.10. The first-order valence-corrected chi connectivity index (χ1v) is 13.5. The Labute approximate surface area is 221 Å². The highest BCUT2D eigenvalue weighted by Crippen LogP contribution is 2.50. The Morgan fingerprint density at radius 3 is 2.08 bits per heavy atom. The van der Waals surface area contributed by atoms with Gasteiger partial charge >= 0.3 is 0 Å². The lowest BCUT2D eigenvalue weighted by atomic mass is 9.82. The molecule has 0 aliphatic heterocycles. The molecular weight excluding hydrogens is 446 g/mol. The van der Waals surface area contributed by atoms with Crippen LogP contribution in [0.4, 0.5) is 0 Å². The average molecular weight is 482 g/mol. The van der Waals surface area contributed by atoms with E-state index in [4.69, 9.17) is 4.98 Å². The van der Waals surface area contributed by atoms with Crippen molar-refractivity contribution in [1.82, 2.24) is 4.98 Å². The summed E-state index contributed by atoms with van der Waals surface area (Å²) in [6.45, 7) is 13.6. The highest BCUT2D eigenvalue weighted by atomic mass is 14.7. The SMILES string of the molecule is Cc1cc(C)cc(-c2cc(-c3ccc(CC(C)C)cc3)c3cc4c(cc3n2)C(C)(C)c2ccccc2-4)c1. The molecule has 0 saturated carbocycles. The van der Waals surface area contributed by atoms with Crippen molar-refractivity contribution in [2.24, 2.45) is 5.92 Å². The summed E-state index contributed by atoms with van der Waals surface area (Å²) in [5.41, 5.74) is 15.1. The average Bonchev–Trinajstić information content (AvgIpc) is 3.08. The molecule has 1 nitrogen and oxygen atoms in total. The Balaban J connectivity index is 1.62. The van der Waals surface area contributed by atoms with E-state index in [1.54, 1.807) is 0 Å². The van der Waals surface area contributed by atoms with Gasteiger partial charge in [0.1, 0.15) is 0 Å². The zero-order chi connectivity index (χ0) is 25.9. The molecule has 0 saturated heterocycles. The molecule has 0 atom stereocenters. The van der Waals surface area contributed by atoms with Gasteiger partial charge in [0.15, 0.2) is 0 Å². The van der Waals surface area contributed by atoms with E-state index in [1.165, 1.54) is 61.0 Å². The van der Waals surface area contributed by atoms with Gasteiger partial charge < -0.3 is 0 Å². The van der Waals surface area contributed by atoms with E-state index in [0.29, 0.717) is 5.92 Å². The minimum atomic E-state index is -0.0453. The molecule has 1 aliphatic carbocycles. The maximum absolute atomic E-state index is 5.28. The van der Waals surface area contributed by atoms with E-state index < -0.39 is 0 Å². The predicted molar refractivity (Wildman–Crippen MR) is 158 cm³/mol. The predicted octanol–water partition coefficient (Wildman–Crippen LogP) is 9.69. The van der Waals surface area contributed by atoms with Gasteiger partial charge in [0, 0.05) is 16.4 Å². The molecule has 0 N–H and O–H groups in total. The smallest absolute Gasteiger partial charge is 0.0719 e. The highest BCUT2D eigenvalue weighted by molar-refractivity contribution is 6.01. The van der Waals surface area contributed by atoms with Gasteiger partial charge in [-0.2, -0.15) is 0 Å². The number of hydrogen-bond donors (Lipinski definition) is 0. The van der Waals surface area contributed by atoms with Crippen LogP contribution in [-0.4, -0.2) is 4.98 Å². The van der Waals surface area contributed by atoms with Crippen molar-refractivity contribution < 1.29 is 0 Å². The molecular formula is C36H35N. The van der Waals surface area contributed by atoms with Gasteiger partial charge in [-0.05, 0) is 95.5 Å². The minimum Gasteiger partial charge on any atom is -0.248 e. The van der Waals surface area contributed by atoms with Gasteiger partial charge in [-0.1, -0.05) is 93.4 Å². The molecule has 0 radical (unpaired) electrons. The summed E-state index contributed by atoms with van der Waals surface area (Å²) >= 11 is 0. The molecule has 37 heavy (non-hydrogen) atoms. The van der Waals surface area contributed by atoms with Crippen LogP contribution >= 0.6 is 0 Å². The third-order valence-electron chi connectivity index (χ3n) is 7.94. The molecule has 1 aromatic heterocycles. The van der Waals surface area contributed by atoms with Gasteiger partial charge in [0.25, 0.3) is 0 Å². The second kappa shape index (κ2) is 8.70. The van der Waals surface area contributed by atoms with Crippen molar-refractivity contribution in [2.45, 2.75) is 53.4 Å². The normalized spacial score (nSPS) is 13.7. The van der Waals surface area contributed by atoms with Crippen molar-refractivity contribution >= 4 is 10.9 Å². The molecule has 0 spiro atoms. The number of aryl methyl sites for hydroxylation is 2. The van der Waals surface area contributed by atoms with Gasteiger partial charge in [0.05, 0.1) is 11.2 Å². The first-order valence-electron chi connectivity index (χ1n) is 13.5. The second-order valence-corrected chi connectivity index (χ2v) is 11.8. The first kappa shape index (κ1) is 23.7. The van der Waals surface area contributed by atoms with Crippen LogP contribution in [0, 0.1) is 19.8 Å². The molecule has 6 rings (SSSR count). The summed E-state index contributed by atoms with van der Waals surface area (Å²) in [5, 5.41) is 1.22. The van der Waals surface area contributed by atoms with Gasteiger partial charge in [-0.3, -0.25) is 0 Å². The quantitative estimate of drug-likeness (QED) is 0.249. The second-order valence-electron chi connectivity index (χ2n) is 11.8. The van der Waals surface area contributed by atoms with Crippen LogP contribution in [0.1, 0.15) is 55.5 Å². The van der Waals surface area contributed by atoms with E-state index in [9.17, 15) is 0 Å². The van der Waals surface area contributed by atoms with Crippen LogP contribution in [0.2, 0.25) is 0 Å². The fourth-order valence-corrected chi connectivity index (χ4v) is 6.22. The summed E-state index contributed by atoms with van der Waals surface area (Å²) in [7, 11) is 0. The number of fused-ring (bicyclic) bond motifs is 4. The number of benzene rings is 4. The van der Waals surface area contributed by atoms with Crippen molar-refractivity contribution in [2.75, 3.05) is 0 Å². The van der Waals surface area contributed by atoms with Crippen molar-refractivity contribution in [3.63, 3.8) is 0 Å². The number of aromatic nitrogens is 1. The van der Waals surface area contributed by atoms with E-state index in [-0.39, 0.29) is 5.41 Å². The third kappa shape index (κ3) is 4.07. The molecule has 0 amide bonds. The Kier molecular flexibility index (Phi) is 5.57. The van der Waals surface area contributed by atoms with E-state index in [2.05, 4.69) is 126 Å². The van der Waals surface area contributed by atoms with E-state index >= 15 is 0 Å². The number of rotatable bonds is 4. The maximum atomic E-state index is 5.28. The van der Waals surface area contributed by atoms with Crippen LogP contribution in [-0.2, 0) is 11.8 Å². The summed E-state index contributed by atoms with van der Waals surface area (Å²) in [4.78, 5) is 5.28. The molecule has 1 heterocycles. The van der Waals surface area contributed by atoms with Gasteiger partial charge in [-0.15, -0.1) is 0 Å². The standard InChI is InChI=1S/C36H35N/c1-22(2)15-25-11-13-26(14-12-25)29-20-34(27-17-23(3)16-24(4)18-27)37-35-21-33-30(19-31(29)35)28-9-7-8-10-32(28)36(33,5)6/h7-14,16-22H,15H2,1-6H3. The van der Waals surface area contributed by atoms with Crippen LogP contribution in [0.5, 0.6) is 0 Å². The Morgan fingerprint density at radius 1 is 0.676 bits per heavy atom.